The molecule has 2 N–H and O–H groups in total. The van der Waals surface area contributed by atoms with Gasteiger partial charge in [-0.3, -0.25) is 0 Å². The minimum atomic E-state index is 0.202. The lowest BCUT2D eigenvalue weighted by Crippen LogP contribution is -2.40. The number of hydrogen-bond acceptors (Lipinski definition) is 3. The molecule has 0 bridgehead atoms. The first kappa shape index (κ1) is 14.6. The second kappa shape index (κ2) is 6.50. The molecule has 1 aromatic rings. The maximum atomic E-state index is 3.55. The average Bonchev–Trinajstić information content (AvgIpc) is 2.42. The molecule has 2 nitrogen and oxygen atoms in total. The lowest BCUT2D eigenvalue weighted by Gasteiger charge is -2.20. The van der Waals surface area contributed by atoms with E-state index in [1.165, 1.54) is 13.1 Å². The predicted octanol–water partition coefficient (Wildman–Crippen LogP) is 3.75. The monoisotopic (exact) mass is 368 g/mol. The second-order valence-corrected chi connectivity index (χ2v) is 8.45. The van der Waals surface area contributed by atoms with Crippen LogP contribution in [-0.4, -0.2) is 18.6 Å². The van der Waals surface area contributed by atoms with Crippen molar-refractivity contribution < 1.29 is 0 Å². The van der Waals surface area contributed by atoms with E-state index in [4.69, 9.17) is 0 Å². The zero-order chi connectivity index (χ0) is 12.2. The topological polar surface area (TPSA) is 24.1 Å². The summed E-state index contributed by atoms with van der Waals surface area (Å²) in [5.41, 5.74) is 1.51. The fourth-order valence-electron chi connectivity index (χ4n) is 1.24. The normalized spacial score (nSPS) is 12.1. The molecule has 92 valence electrons. The van der Waals surface area contributed by atoms with Crippen molar-refractivity contribution in [1.29, 1.82) is 0 Å². The van der Waals surface area contributed by atoms with Crippen LogP contribution >= 0.6 is 43.2 Å². The highest BCUT2D eigenvalue weighted by atomic mass is 79.9. The van der Waals surface area contributed by atoms with Gasteiger partial charge in [-0.25, -0.2) is 0 Å². The molecule has 0 atom stereocenters. The van der Waals surface area contributed by atoms with E-state index in [1.54, 1.807) is 11.3 Å². The summed E-state index contributed by atoms with van der Waals surface area (Å²) in [4.78, 5) is 0. The first-order chi connectivity index (χ1) is 7.38. The number of hydrogen-bond donors (Lipinski definition) is 2. The van der Waals surface area contributed by atoms with Gasteiger partial charge in [-0.15, -0.1) is 11.3 Å². The Morgan fingerprint density at radius 1 is 1.25 bits per heavy atom. The molecule has 0 saturated heterocycles. The third-order valence-electron chi connectivity index (χ3n) is 2.00. The van der Waals surface area contributed by atoms with Crippen molar-refractivity contribution in [3.63, 3.8) is 0 Å². The van der Waals surface area contributed by atoms with E-state index in [1.807, 2.05) is 0 Å². The summed E-state index contributed by atoms with van der Waals surface area (Å²) in [6.07, 6.45) is 0. The summed E-state index contributed by atoms with van der Waals surface area (Å²) < 4.78 is 2.37. The summed E-state index contributed by atoms with van der Waals surface area (Å²) in [6.45, 7) is 9.43. The van der Waals surface area contributed by atoms with Crippen molar-refractivity contribution in [3.8, 4) is 0 Å². The number of rotatable bonds is 5. The molecule has 0 amide bonds. The molecule has 1 aromatic heterocycles. The van der Waals surface area contributed by atoms with Crippen molar-refractivity contribution >= 4 is 43.2 Å². The van der Waals surface area contributed by atoms with Gasteiger partial charge in [0.2, 0.25) is 0 Å². The summed E-state index contributed by atoms with van der Waals surface area (Å²) in [5, 5.41) is 6.87. The van der Waals surface area contributed by atoms with Gasteiger partial charge in [0.05, 0.1) is 7.57 Å². The standard InChI is InChI=1S/C11H18Br2N2S/c1-11(2,3)15-5-4-14-7-8-6-9(12)16-10(8)13/h6,14-15H,4-5,7H2,1-3H3. The van der Waals surface area contributed by atoms with Crippen molar-refractivity contribution in [1.82, 2.24) is 10.6 Å². The maximum absolute atomic E-state index is 3.55. The van der Waals surface area contributed by atoms with E-state index in [2.05, 4.69) is 69.3 Å². The van der Waals surface area contributed by atoms with Crippen LogP contribution in [0.3, 0.4) is 0 Å². The molecule has 0 spiro atoms. The highest BCUT2D eigenvalue weighted by molar-refractivity contribution is 9.12. The second-order valence-electron chi connectivity index (χ2n) is 4.70. The van der Waals surface area contributed by atoms with Crippen molar-refractivity contribution in [2.45, 2.75) is 32.9 Å². The Kier molecular flexibility index (Phi) is 5.94. The Hall–Kier alpha value is 0.580. The van der Waals surface area contributed by atoms with Crippen LogP contribution in [0.2, 0.25) is 0 Å². The van der Waals surface area contributed by atoms with E-state index in [0.717, 1.165) is 19.6 Å². The van der Waals surface area contributed by atoms with Crippen molar-refractivity contribution in [3.05, 3.63) is 19.2 Å². The van der Waals surface area contributed by atoms with Crippen LogP contribution < -0.4 is 10.6 Å². The first-order valence-electron chi connectivity index (χ1n) is 5.28. The molecular weight excluding hydrogens is 352 g/mol. The van der Waals surface area contributed by atoms with Gasteiger partial charge < -0.3 is 10.6 Å². The molecule has 0 aromatic carbocycles. The molecule has 1 heterocycles. The lowest BCUT2D eigenvalue weighted by molar-refractivity contribution is 0.421. The van der Waals surface area contributed by atoms with Crippen LogP contribution in [0.15, 0.2) is 13.6 Å². The molecular formula is C11H18Br2N2S. The Balaban J connectivity index is 2.19. The Bertz CT molecular complexity index is 331. The van der Waals surface area contributed by atoms with E-state index in [-0.39, 0.29) is 5.54 Å². The van der Waals surface area contributed by atoms with Crippen molar-refractivity contribution in [2.24, 2.45) is 0 Å². The summed E-state index contributed by atoms with van der Waals surface area (Å²) in [7, 11) is 0. The minimum Gasteiger partial charge on any atom is -0.311 e. The largest absolute Gasteiger partial charge is 0.311 e. The zero-order valence-corrected chi connectivity index (χ0v) is 13.9. The molecule has 0 fully saturated rings. The van der Waals surface area contributed by atoms with Gasteiger partial charge in [-0.1, -0.05) is 0 Å². The highest BCUT2D eigenvalue weighted by Crippen LogP contribution is 2.31. The SMILES string of the molecule is CC(C)(C)NCCNCc1cc(Br)sc1Br. The fourth-order valence-corrected chi connectivity index (χ4v) is 4.07. The average molecular weight is 370 g/mol. The molecule has 1 rings (SSSR count). The molecule has 0 aliphatic rings. The predicted molar refractivity (Wildman–Crippen MR) is 79.2 cm³/mol. The lowest BCUT2D eigenvalue weighted by atomic mass is 10.1. The maximum Gasteiger partial charge on any atom is 0.0755 e. The highest BCUT2D eigenvalue weighted by Gasteiger charge is 2.07. The smallest absolute Gasteiger partial charge is 0.0755 e. The van der Waals surface area contributed by atoms with E-state index in [9.17, 15) is 0 Å². The van der Waals surface area contributed by atoms with E-state index in [0.29, 0.717) is 0 Å². The van der Waals surface area contributed by atoms with Crippen molar-refractivity contribution in [2.75, 3.05) is 13.1 Å². The Morgan fingerprint density at radius 3 is 2.44 bits per heavy atom. The molecule has 0 unspecified atom stereocenters. The van der Waals surface area contributed by atoms with Crippen LogP contribution in [0.1, 0.15) is 26.3 Å². The Labute approximate surface area is 118 Å². The van der Waals surface area contributed by atoms with E-state index >= 15 is 0 Å². The van der Waals surface area contributed by atoms with Crippen LogP contribution in [0.5, 0.6) is 0 Å². The van der Waals surface area contributed by atoms with Gasteiger partial charge in [0.15, 0.2) is 0 Å². The van der Waals surface area contributed by atoms with Gasteiger partial charge in [0, 0.05) is 25.2 Å². The molecule has 5 heteroatoms. The summed E-state index contributed by atoms with van der Waals surface area (Å²) >= 11 is 8.75. The first-order valence-corrected chi connectivity index (χ1v) is 7.68. The van der Waals surface area contributed by atoms with Gasteiger partial charge in [-0.05, 0) is 64.3 Å². The number of halogens is 2. The summed E-state index contributed by atoms with van der Waals surface area (Å²) in [6, 6.07) is 2.15. The third kappa shape index (κ3) is 5.77. The van der Waals surface area contributed by atoms with Crippen LogP contribution in [0, 0.1) is 0 Å². The zero-order valence-electron chi connectivity index (χ0n) is 9.86. The number of nitrogens with one attached hydrogen (secondary N) is 2. The van der Waals surface area contributed by atoms with Crippen LogP contribution in [-0.2, 0) is 6.54 Å². The molecule has 16 heavy (non-hydrogen) atoms. The molecule has 0 aliphatic heterocycles. The van der Waals surface area contributed by atoms with Crippen LogP contribution in [0.25, 0.3) is 0 Å². The molecule has 0 radical (unpaired) electrons. The number of thiophene rings is 1. The quantitative estimate of drug-likeness (QED) is 0.772. The third-order valence-corrected chi connectivity index (χ3v) is 4.46. The van der Waals surface area contributed by atoms with E-state index < -0.39 is 0 Å². The molecule has 0 aliphatic carbocycles. The van der Waals surface area contributed by atoms with Gasteiger partial charge in [0.1, 0.15) is 0 Å². The van der Waals surface area contributed by atoms with Gasteiger partial charge in [0.25, 0.3) is 0 Å². The van der Waals surface area contributed by atoms with Crippen LogP contribution in [0.4, 0.5) is 0 Å². The van der Waals surface area contributed by atoms with Gasteiger partial charge >= 0.3 is 0 Å². The molecule has 0 saturated carbocycles. The van der Waals surface area contributed by atoms with Gasteiger partial charge in [-0.2, -0.15) is 0 Å². The summed E-state index contributed by atoms with van der Waals surface area (Å²) in [5.74, 6) is 0. The fraction of sp³-hybridized carbons (Fsp3) is 0.636. The minimum absolute atomic E-state index is 0.202. The Morgan fingerprint density at radius 2 is 1.94 bits per heavy atom.